The molecule has 0 aliphatic carbocycles. The number of aryl methyl sites for hydroxylation is 3. The maximum absolute atomic E-state index is 14.5. The van der Waals surface area contributed by atoms with Crippen LogP contribution in [0.25, 0.3) is 0 Å². The van der Waals surface area contributed by atoms with Gasteiger partial charge in [0.2, 0.25) is 5.91 Å². The molecule has 4 atom stereocenters. The largest absolute Gasteiger partial charge is 0.444 e. The van der Waals surface area contributed by atoms with Crippen LogP contribution in [0.2, 0.25) is 0 Å². The number of hydrogen-bond acceptors (Lipinski definition) is 4. The zero-order chi connectivity index (χ0) is 30.4. The monoisotopic (exact) mass is 551 g/mol. The lowest BCUT2D eigenvalue weighted by atomic mass is 9.91. The molecule has 0 bridgehead atoms. The van der Waals surface area contributed by atoms with E-state index in [1.165, 1.54) is 0 Å². The van der Waals surface area contributed by atoms with E-state index in [2.05, 4.69) is 10.6 Å². The molecule has 0 heterocycles. The molecule has 7 nitrogen and oxygen atoms in total. The van der Waals surface area contributed by atoms with Crippen LogP contribution in [0.1, 0.15) is 95.2 Å². The Kier molecular flexibility index (Phi) is 11.4. The van der Waals surface area contributed by atoms with Crippen LogP contribution in [0, 0.1) is 33.6 Å². The Balaban J connectivity index is 2.69. The maximum atomic E-state index is 14.5. The first-order valence-corrected chi connectivity index (χ1v) is 14.4. The number of alkyl carbamates (subject to hydrolysis) is 1. The summed E-state index contributed by atoms with van der Waals surface area (Å²) in [6.45, 7) is 21.1. The number of ether oxygens (including phenoxy) is 1. The number of benzene rings is 2. The van der Waals surface area contributed by atoms with Crippen LogP contribution < -0.4 is 10.6 Å². The number of amides is 3. The molecule has 0 spiro atoms. The van der Waals surface area contributed by atoms with Crippen LogP contribution in [0.15, 0.2) is 36.4 Å². The van der Waals surface area contributed by atoms with Gasteiger partial charge in [0.25, 0.3) is 5.91 Å². The third kappa shape index (κ3) is 8.09. The molecule has 2 rings (SSSR count). The molecule has 4 unspecified atom stereocenters. The molecule has 0 fully saturated rings. The van der Waals surface area contributed by atoms with Crippen molar-refractivity contribution in [3.63, 3.8) is 0 Å². The normalized spacial score (nSPS) is 14.5. The summed E-state index contributed by atoms with van der Waals surface area (Å²) in [6, 6.07) is 9.64. The molecule has 2 aromatic carbocycles. The van der Waals surface area contributed by atoms with E-state index >= 15 is 0 Å². The third-order valence-corrected chi connectivity index (χ3v) is 7.67. The molecule has 7 heteroatoms. The predicted molar refractivity (Wildman–Crippen MR) is 162 cm³/mol. The van der Waals surface area contributed by atoms with Gasteiger partial charge < -0.3 is 20.3 Å². The average molecular weight is 552 g/mol. The number of hydrogen-bond donors (Lipinski definition) is 2. The summed E-state index contributed by atoms with van der Waals surface area (Å²) >= 11 is 0. The van der Waals surface area contributed by atoms with E-state index in [0.29, 0.717) is 12.8 Å². The second kappa shape index (κ2) is 13.8. The molecular weight excluding hydrogens is 502 g/mol. The van der Waals surface area contributed by atoms with E-state index in [1.54, 1.807) is 25.7 Å². The first-order chi connectivity index (χ1) is 18.6. The number of anilines is 1. The van der Waals surface area contributed by atoms with Gasteiger partial charge in [-0.1, -0.05) is 63.6 Å². The predicted octanol–water partition coefficient (Wildman–Crippen LogP) is 7.17. The van der Waals surface area contributed by atoms with Crippen LogP contribution in [0.4, 0.5) is 10.5 Å². The maximum Gasteiger partial charge on any atom is 0.408 e. The van der Waals surface area contributed by atoms with E-state index in [0.717, 1.165) is 33.5 Å². The Labute approximate surface area is 241 Å². The minimum Gasteiger partial charge on any atom is -0.444 e. The molecular formula is C33H49N3O4. The Morgan fingerprint density at radius 2 is 1.43 bits per heavy atom. The van der Waals surface area contributed by atoms with Crippen molar-refractivity contribution in [2.24, 2.45) is 5.92 Å². The summed E-state index contributed by atoms with van der Waals surface area (Å²) < 4.78 is 5.51. The number of nitrogens with zero attached hydrogens (tertiary/aromatic N) is 1. The number of carbonyl (C=O) groups is 3. The van der Waals surface area contributed by atoms with Gasteiger partial charge in [-0.2, -0.15) is 0 Å². The highest BCUT2D eigenvalue weighted by Gasteiger charge is 2.40. The van der Waals surface area contributed by atoms with E-state index in [9.17, 15) is 14.4 Å². The van der Waals surface area contributed by atoms with Gasteiger partial charge in [0, 0.05) is 11.7 Å². The van der Waals surface area contributed by atoms with Crippen LogP contribution >= 0.6 is 0 Å². The topological polar surface area (TPSA) is 87.7 Å². The summed E-state index contributed by atoms with van der Waals surface area (Å²) in [6.07, 6.45) is 0.630. The summed E-state index contributed by atoms with van der Waals surface area (Å²) in [5.41, 5.74) is 4.66. The Hall–Kier alpha value is -3.35. The first kappa shape index (κ1) is 32.9. The number of carbonyl (C=O) groups excluding carboxylic acids is 3. The quantitative estimate of drug-likeness (QED) is 0.328. The van der Waals surface area contributed by atoms with Gasteiger partial charge in [-0.05, 0) is 95.5 Å². The first-order valence-electron chi connectivity index (χ1n) is 14.4. The molecule has 2 N–H and O–H groups in total. The molecule has 2 aromatic rings. The second-order valence-electron chi connectivity index (χ2n) is 12.0. The molecule has 0 aliphatic heterocycles. The SMILES string of the molecule is CCC(C)C(NC(=O)OC(C)(C)C)C(=O)N(C(C)CC)C(C(=O)Nc1c(C)cccc1C)c1cccc(C)c1C. The molecule has 0 aromatic heterocycles. The number of para-hydroxylation sites is 1. The minimum absolute atomic E-state index is 0.187. The van der Waals surface area contributed by atoms with Crippen molar-refractivity contribution in [2.45, 2.75) is 113 Å². The van der Waals surface area contributed by atoms with E-state index in [-0.39, 0.29) is 23.8 Å². The van der Waals surface area contributed by atoms with Crippen molar-refractivity contribution in [1.29, 1.82) is 0 Å². The van der Waals surface area contributed by atoms with Crippen LogP contribution in [0.5, 0.6) is 0 Å². The van der Waals surface area contributed by atoms with E-state index in [4.69, 9.17) is 4.74 Å². The Morgan fingerprint density at radius 3 is 1.95 bits per heavy atom. The second-order valence-corrected chi connectivity index (χ2v) is 12.0. The number of rotatable bonds is 10. The number of nitrogens with one attached hydrogen (secondary N) is 2. The van der Waals surface area contributed by atoms with Crippen molar-refractivity contribution >= 4 is 23.6 Å². The fraction of sp³-hybridized carbons (Fsp3) is 0.545. The summed E-state index contributed by atoms with van der Waals surface area (Å²) in [7, 11) is 0. The lowest BCUT2D eigenvalue weighted by Gasteiger charge is -2.40. The fourth-order valence-corrected chi connectivity index (χ4v) is 4.76. The van der Waals surface area contributed by atoms with Gasteiger partial charge in [-0.15, -0.1) is 0 Å². The zero-order valence-corrected chi connectivity index (χ0v) is 26.3. The molecule has 0 saturated carbocycles. The molecule has 0 saturated heterocycles. The highest BCUT2D eigenvalue weighted by atomic mass is 16.6. The van der Waals surface area contributed by atoms with Crippen molar-refractivity contribution in [2.75, 3.05) is 5.32 Å². The summed E-state index contributed by atoms with van der Waals surface area (Å²) in [5, 5.41) is 5.99. The third-order valence-electron chi connectivity index (χ3n) is 7.67. The lowest BCUT2D eigenvalue weighted by Crippen LogP contribution is -2.57. The van der Waals surface area contributed by atoms with Gasteiger partial charge in [-0.3, -0.25) is 9.59 Å². The zero-order valence-electron chi connectivity index (χ0n) is 26.3. The van der Waals surface area contributed by atoms with E-state index < -0.39 is 23.8 Å². The van der Waals surface area contributed by atoms with Crippen LogP contribution in [-0.2, 0) is 14.3 Å². The summed E-state index contributed by atoms with van der Waals surface area (Å²) in [5.74, 6) is -0.787. The minimum atomic E-state index is -0.909. The van der Waals surface area contributed by atoms with Gasteiger partial charge in [0.15, 0.2) is 0 Å². The molecule has 220 valence electrons. The molecule has 3 amide bonds. The van der Waals surface area contributed by atoms with Crippen molar-refractivity contribution in [1.82, 2.24) is 10.2 Å². The van der Waals surface area contributed by atoms with E-state index in [1.807, 2.05) is 91.8 Å². The van der Waals surface area contributed by atoms with Crippen LogP contribution in [0.3, 0.4) is 0 Å². The van der Waals surface area contributed by atoms with Crippen LogP contribution in [-0.4, -0.2) is 40.5 Å². The van der Waals surface area contributed by atoms with Crippen molar-refractivity contribution in [3.8, 4) is 0 Å². The van der Waals surface area contributed by atoms with Gasteiger partial charge in [0.05, 0.1) is 0 Å². The molecule has 0 aliphatic rings. The smallest absolute Gasteiger partial charge is 0.408 e. The lowest BCUT2D eigenvalue weighted by molar-refractivity contribution is -0.144. The Morgan fingerprint density at radius 1 is 0.875 bits per heavy atom. The van der Waals surface area contributed by atoms with Crippen molar-refractivity contribution in [3.05, 3.63) is 64.2 Å². The highest BCUT2D eigenvalue weighted by Crippen LogP contribution is 2.32. The van der Waals surface area contributed by atoms with Crippen molar-refractivity contribution < 1.29 is 19.1 Å². The average Bonchev–Trinajstić information content (AvgIpc) is 2.87. The highest BCUT2D eigenvalue weighted by molar-refractivity contribution is 6.00. The fourth-order valence-electron chi connectivity index (χ4n) is 4.76. The summed E-state index contributed by atoms with van der Waals surface area (Å²) in [4.78, 5) is 43.4. The Bertz CT molecular complexity index is 1180. The van der Waals surface area contributed by atoms with Gasteiger partial charge >= 0.3 is 6.09 Å². The molecule has 40 heavy (non-hydrogen) atoms. The van der Waals surface area contributed by atoms with Gasteiger partial charge in [-0.25, -0.2) is 4.79 Å². The standard InChI is InChI=1S/C33H49N3O4/c1-12-20(3)28(35-32(39)40-33(9,10)11)31(38)36(24(7)13-2)29(26-19-15-16-21(4)25(26)8)30(37)34-27-22(5)17-14-18-23(27)6/h14-20,24,28-29H,12-13H2,1-11H3,(H,34,37)(H,35,39). The van der Waals surface area contributed by atoms with Gasteiger partial charge in [0.1, 0.15) is 17.7 Å². The molecule has 0 radical (unpaired) electrons.